The zero-order valence-electron chi connectivity index (χ0n) is 10.2. The van der Waals surface area contributed by atoms with Gasteiger partial charge in [0.15, 0.2) is 0 Å². The van der Waals surface area contributed by atoms with E-state index in [1.54, 1.807) is 31.4 Å². The maximum atomic E-state index is 13.2. The Bertz CT molecular complexity index is 592. The van der Waals surface area contributed by atoms with E-state index in [0.29, 0.717) is 17.3 Å². The molecule has 0 amide bonds. The van der Waals surface area contributed by atoms with Crippen LogP contribution >= 0.6 is 27.5 Å². The first kappa shape index (κ1) is 14.2. The molecule has 0 spiro atoms. The number of benzene rings is 2. The van der Waals surface area contributed by atoms with Crippen LogP contribution < -0.4 is 10.1 Å². The molecule has 0 atom stereocenters. The van der Waals surface area contributed by atoms with E-state index >= 15 is 0 Å². The average Bonchev–Trinajstić information content (AvgIpc) is 2.41. The van der Waals surface area contributed by atoms with Gasteiger partial charge in [-0.1, -0.05) is 27.5 Å². The van der Waals surface area contributed by atoms with Crippen LogP contribution in [-0.2, 0) is 6.54 Å². The fourth-order valence-electron chi connectivity index (χ4n) is 1.64. The van der Waals surface area contributed by atoms with Gasteiger partial charge in [0.1, 0.15) is 11.6 Å². The molecule has 2 aromatic rings. The number of halogens is 3. The molecule has 0 aliphatic carbocycles. The minimum atomic E-state index is -0.267. The second-order valence-corrected chi connectivity index (χ2v) is 5.20. The highest BCUT2D eigenvalue weighted by molar-refractivity contribution is 9.10. The van der Waals surface area contributed by atoms with Gasteiger partial charge in [-0.25, -0.2) is 4.39 Å². The first-order valence-electron chi connectivity index (χ1n) is 5.61. The normalized spacial score (nSPS) is 10.3. The molecule has 0 fully saturated rings. The van der Waals surface area contributed by atoms with Crippen LogP contribution in [0.4, 0.5) is 10.1 Å². The lowest BCUT2D eigenvalue weighted by Gasteiger charge is -2.11. The van der Waals surface area contributed by atoms with Gasteiger partial charge in [-0.05, 0) is 35.9 Å². The van der Waals surface area contributed by atoms with E-state index < -0.39 is 0 Å². The predicted octanol–water partition coefficient (Wildman–Crippen LogP) is 4.86. The summed E-state index contributed by atoms with van der Waals surface area (Å²) in [5.74, 6) is 0.446. The van der Waals surface area contributed by atoms with E-state index in [2.05, 4.69) is 21.2 Å². The van der Waals surface area contributed by atoms with Gasteiger partial charge in [-0.15, -0.1) is 0 Å². The van der Waals surface area contributed by atoms with Gasteiger partial charge < -0.3 is 10.1 Å². The standard InChI is InChI=1S/C14H12BrClFNO/c1-19-11-3-5-13(16)14(7-11)18-8-9-6-10(17)2-4-12(9)15/h2-7,18H,8H2,1H3. The number of methoxy groups -OCH3 is 1. The minimum absolute atomic E-state index is 0.267. The number of anilines is 1. The number of hydrogen-bond donors (Lipinski definition) is 1. The van der Waals surface area contributed by atoms with Crippen molar-refractivity contribution in [2.75, 3.05) is 12.4 Å². The largest absolute Gasteiger partial charge is 0.497 e. The van der Waals surface area contributed by atoms with Crippen LogP contribution in [0.5, 0.6) is 5.75 Å². The maximum absolute atomic E-state index is 13.2. The summed E-state index contributed by atoms with van der Waals surface area (Å²) in [4.78, 5) is 0. The summed E-state index contributed by atoms with van der Waals surface area (Å²) in [6, 6.07) is 9.90. The van der Waals surface area contributed by atoms with Gasteiger partial charge in [0.2, 0.25) is 0 Å². The Balaban J connectivity index is 2.16. The molecule has 0 heterocycles. The van der Waals surface area contributed by atoms with Crippen molar-refractivity contribution in [2.45, 2.75) is 6.54 Å². The molecule has 1 N–H and O–H groups in total. The minimum Gasteiger partial charge on any atom is -0.497 e. The second-order valence-electron chi connectivity index (χ2n) is 3.94. The van der Waals surface area contributed by atoms with Gasteiger partial charge in [-0.3, -0.25) is 0 Å². The molecule has 100 valence electrons. The highest BCUT2D eigenvalue weighted by Gasteiger charge is 2.05. The Kier molecular flexibility index (Phi) is 4.66. The van der Waals surface area contributed by atoms with Crippen LogP contribution in [0, 0.1) is 5.82 Å². The molecule has 0 unspecified atom stereocenters. The van der Waals surface area contributed by atoms with Gasteiger partial charge in [0.25, 0.3) is 0 Å². The summed E-state index contributed by atoms with van der Waals surface area (Å²) in [7, 11) is 1.59. The summed E-state index contributed by atoms with van der Waals surface area (Å²) in [6.07, 6.45) is 0. The zero-order valence-corrected chi connectivity index (χ0v) is 12.6. The van der Waals surface area contributed by atoms with Crippen LogP contribution in [0.1, 0.15) is 5.56 Å². The molecule has 0 saturated carbocycles. The van der Waals surface area contributed by atoms with Crippen molar-refractivity contribution >= 4 is 33.2 Å². The molecule has 19 heavy (non-hydrogen) atoms. The number of rotatable bonds is 4. The molecule has 0 aromatic heterocycles. The first-order valence-corrected chi connectivity index (χ1v) is 6.78. The summed E-state index contributed by atoms with van der Waals surface area (Å²) < 4.78 is 19.2. The van der Waals surface area contributed by atoms with E-state index in [0.717, 1.165) is 15.7 Å². The lowest BCUT2D eigenvalue weighted by molar-refractivity contribution is 0.415. The molecule has 0 aliphatic heterocycles. The molecule has 2 nitrogen and oxygen atoms in total. The van der Waals surface area contributed by atoms with Crippen molar-refractivity contribution in [1.82, 2.24) is 0 Å². The summed E-state index contributed by atoms with van der Waals surface area (Å²) in [5, 5.41) is 3.75. The summed E-state index contributed by atoms with van der Waals surface area (Å²) >= 11 is 9.47. The van der Waals surface area contributed by atoms with Crippen LogP contribution in [0.15, 0.2) is 40.9 Å². The maximum Gasteiger partial charge on any atom is 0.123 e. The topological polar surface area (TPSA) is 21.3 Å². The molecule has 0 radical (unpaired) electrons. The number of ether oxygens (including phenoxy) is 1. The van der Waals surface area contributed by atoms with E-state index in [4.69, 9.17) is 16.3 Å². The van der Waals surface area contributed by atoms with Crippen molar-refractivity contribution in [3.05, 3.63) is 57.3 Å². The van der Waals surface area contributed by atoms with Crippen LogP contribution in [-0.4, -0.2) is 7.11 Å². The monoisotopic (exact) mass is 343 g/mol. The Morgan fingerprint density at radius 3 is 2.79 bits per heavy atom. The third-order valence-corrected chi connectivity index (χ3v) is 3.75. The van der Waals surface area contributed by atoms with Gasteiger partial charge in [0.05, 0.1) is 17.8 Å². The Labute approximate surface area is 124 Å². The smallest absolute Gasteiger partial charge is 0.123 e. The van der Waals surface area contributed by atoms with Crippen LogP contribution in [0.2, 0.25) is 5.02 Å². The van der Waals surface area contributed by atoms with Gasteiger partial charge in [0, 0.05) is 17.1 Å². The molecular formula is C14H12BrClFNO. The fourth-order valence-corrected chi connectivity index (χ4v) is 2.21. The molecule has 0 bridgehead atoms. The summed E-state index contributed by atoms with van der Waals surface area (Å²) in [5.41, 5.74) is 1.57. The van der Waals surface area contributed by atoms with Crippen molar-refractivity contribution in [1.29, 1.82) is 0 Å². The molecule has 0 aliphatic rings. The number of hydrogen-bond acceptors (Lipinski definition) is 2. The lowest BCUT2D eigenvalue weighted by Crippen LogP contribution is -2.01. The molecule has 2 aromatic carbocycles. The average molecular weight is 345 g/mol. The lowest BCUT2D eigenvalue weighted by atomic mass is 10.2. The zero-order chi connectivity index (χ0) is 13.8. The Morgan fingerprint density at radius 1 is 1.26 bits per heavy atom. The Morgan fingerprint density at radius 2 is 2.05 bits per heavy atom. The van der Waals surface area contributed by atoms with E-state index in [9.17, 15) is 4.39 Å². The summed E-state index contributed by atoms with van der Waals surface area (Å²) in [6.45, 7) is 0.464. The second kappa shape index (κ2) is 6.26. The predicted molar refractivity (Wildman–Crippen MR) is 79.4 cm³/mol. The van der Waals surface area contributed by atoms with Crippen LogP contribution in [0.3, 0.4) is 0 Å². The SMILES string of the molecule is COc1ccc(Cl)c(NCc2cc(F)ccc2Br)c1. The van der Waals surface area contributed by atoms with Gasteiger partial charge in [-0.2, -0.15) is 0 Å². The molecule has 2 rings (SSSR count). The Hall–Kier alpha value is -1.26. The van der Waals surface area contributed by atoms with Crippen molar-refractivity contribution in [3.63, 3.8) is 0 Å². The van der Waals surface area contributed by atoms with Crippen molar-refractivity contribution in [3.8, 4) is 5.75 Å². The number of nitrogens with one attached hydrogen (secondary N) is 1. The van der Waals surface area contributed by atoms with Crippen molar-refractivity contribution in [2.24, 2.45) is 0 Å². The quantitative estimate of drug-likeness (QED) is 0.855. The third-order valence-electron chi connectivity index (χ3n) is 2.65. The van der Waals surface area contributed by atoms with Gasteiger partial charge >= 0.3 is 0 Å². The van der Waals surface area contributed by atoms with E-state index in [1.807, 2.05) is 0 Å². The molecule has 0 saturated heterocycles. The van der Waals surface area contributed by atoms with Crippen LogP contribution in [0.25, 0.3) is 0 Å². The highest BCUT2D eigenvalue weighted by atomic mass is 79.9. The first-order chi connectivity index (χ1) is 9.10. The fraction of sp³-hybridized carbons (Fsp3) is 0.143. The third kappa shape index (κ3) is 3.61. The molecule has 5 heteroatoms. The highest BCUT2D eigenvalue weighted by Crippen LogP contribution is 2.28. The van der Waals surface area contributed by atoms with E-state index in [-0.39, 0.29) is 5.82 Å². The molecular weight excluding hydrogens is 333 g/mol. The van der Waals surface area contributed by atoms with Crippen molar-refractivity contribution < 1.29 is 9.13 Å². The van der Waals surface area contributed by atoms with E-state index in [1.165, 1.54) is 12.1 Å².